The lowest BCUT2D eigenvalue weighted by molar-refractivity contribution is -0.127. The zero-order valence-corrected chi connectivity index (χ0v) is 18.9. The number of carbonyl (C=O) groups excluding carboxylic acids is 4. The van der Waals surface area contributed by atoms with Crippen LogP contribution < -0.4 is 14.4 Å². The third kappa shape index (κ3) is 3.97. The fourth-order valence-electron chi connectivity index (χ4n) is 4.54. The summed E-state index contributed by atoms with van der Waals surface area (Å²) in [7, 11) is 3.02. The molecule has 0 spiro atoms. The van der Waals surface area contributed by atoms with Crippen LogP contribution in [0.15, 0.2) is 42.5 Å². The van der Waals surface area contributed by atoms with Gasteiger partial charge in [-0.1, -0.05) is 19.1 Å². The summed E-state index contributed by atoms with van der Waals surface area (Å²) in [5, 5.41) is 0. The molecule has 2 aromatic carbocycles. The highest BCUT2D eigenvalue weighted by molar-refractivity contribution is 6.21. The van der Waals surface area contributed by atoms with Gasteiger partial charge in [-0.05, 0) is 30.7 Å². The SMILES string of the molecule is COc1ccc(OC)c(N(CCN2C(=O)c3ccccc3C2=O)C(=O)[C@H]2CCC(=O)[C@@H]2C)c1. The molecule has 8 heteroatoms. The van der Waals surface area contributed by atoms with E-state index >= 15 is 0 Å². The number of methoxy groups -OCH3 is 2. The Morgan fingerprint density at radius 1 is 1.03 bits per heavy atom. The molecule has 4 rings (SSSR count). The van der Waals surface area contributed by atoms with Crippen LogP contribution in [-0.2, 0) is 9.59 Å². The van der Waals surface area contributed by atoms with Gasteiger partial charge in [-0.2, -0.15) is 0 Å². The van der Waals surface area contributed by atoms with Crippen LogP contribution >= 0.6 is 0 Å². The van der Waals surface area contributed by atoms with Crippen molar-refractivity contribution in [3.63, 3.8) is 0 Å². The zero-order valence-electron chi connectivity index (χ0n) is 18.9. The minimum absolute atomic E-state index is 0.00744. The van der Waals surface area contributed by atoms with E-state index in [-0.39, 0.29) is 36.6 Å². The first-order chi connectivity index (χ1) is 15.9. The number of fused-ring (bicyclic) bond motifs is 1. The van der Waals surface area contributed by atoms with E-state index in [4.69, 9.17) is 9.47 Å². The highest BCUT2D eigenvalue weighted by atomic mass is 16.5. The minimum atomic E-state index is -0.476. The van der Waals surface area contributed by atoms with Crippen LogP contribution in [0.1, 0.15) is 40.5 Å². The summed E-state index contributed by atoms with van der Waals surface area (Å²) in [6.07, 6.45) is 0.827. The van der Waals surface area contributed by atoms with Crippen molar-refractivity contribution in [3.05, 3.63) is 53.6 Å². The molecule has 2 aliphatic rings. The summed E-state index contributed by atoms with van der Waals surface area (Å²) >= 11 is 0. The maximum Gasteiger partial charge on any atom is 0.261 e. The van der Waals surface area contributed by atoms with Crippen molar-refractivity contribution in [2.45, 2.75) is 19.8 Å². The smallest absolute Gasteiger partial charge is 0.261 e. The van der Waals surface area contributed by atoms with Crippen LogP contribution in [0.4, 0.5) is 5.69 Å². The number of carbonyl (C=O) groups is 4. The molecule has 1 saturated carbocycles. The second-order valence-corrected chi connectivity index (χ2v) is 8.24. The summed E-state index contributed by atoms with van der Waals surface area (Å²) in [4.78, 5) is 54.1. The Balaban J connectivity index is 1.66. The lowest BCUT2D eigenvalue weighted by atomic mass is 9.95. The van der Waals surface area contributed by atoms with Gasteiger partial charge in [-0.3, -0.25) is 24.1 Å². The van der Waals surface area contributed by atoms with Crippen molar-refractivity contribution in [1.82, 2.24) is 4.90 Å². The van der Waals surface area contributed by atoms with E-state index in [1.807, 2.05) is 0 Å². The van der Waals surface area contributed by atoms with Crippen LogP contribution in [0.25, 0.3) is 0 Å². The van der Waals surface area contributed by atoms with Gasteiger partial charge in [0.15, 0.2) is 0 Å². The minimum Gasteiger partial charge on any atom is -0.497 e. The third-order valence-electron chi connectivity index (χ3n) is 6.50. The van der Waals surface area contributed by atoms with E-state index in [0.29, 0.717) is 41.2 Å². The fourth-order valence-corrected chi connectivity index (χ4v) is 4.54. The number of rotatable bonds is 7. The average Bonchev–Trinajstić information content (AvgIpc) is 3.29. The summed E-state index contributed by atoms with van der Waals surface area (Å²) in [6, 6.07) is 11.8. The number of anilines is 1. The van der Waals surface area contributed by atoms with Gasteiger partial charge in [-0.15, -0.1) is 0 Å². The van der Waals surface area contributed by atoms with E-state index in [1.165, 1.54) is 19.1 Å². The summed E-state index contributed by atoms with van der Waals surface area (Å²) in [5.74, 6) is -0.840. The van der Waals surface area contributed by atoms with Gasteiger partial charge in [0.1, 0.15) is 17.3 Å². The maximum absolute atomic E-state index is 13.6. The van der Waals surface area contributed by atoms with Gasteiger partial charge in [-0.25, -0.2) is 0 Å². The average molecular weight is 450 g/mol. The van der Waals surface area contributed by atoms with Crippen molar-refractivity contribution < 1.29 is 28.7 Å². The molecular weight excluding hydrogens is 424 g/mol. The molecule has 1 heterocycles. The number of nitrogens with zero attached hydrogens (tertiary/aromatic N) is 2. The highest BCUT2D eigenvalue weighted by Gasteiger charge is 2.40. The number of benzene rings is 2. The fraction of sp³-hybridized carbons (Fsp3) is 0.360. The molecule has 0 bridgehead atoms. The lowest BCUT2D eigenvalue weighted by Crippen LogP contribution is -2.44. The number of amides is 3. The zero-order chi connectivity index (χ0) is 23.7. The number of ether oxygens (including phenoxy) is 2. The topological polar surface area (TPSA) is 93.2 Å². The van der Waals surface area contributed by atoms with E-state index in [2.05, 4.69) is 0 Å². The predicted octanol–water partition coefficient (Wildman–Crippen LogP) is 2.95. The van der Waals surface area contributed by atoms with E-state index < -0.39 is 11.8 Å². The van der Waals surface area contributed by atoms with Crippen LogP contribution in [0.2, 0.25) is 0 Å². The molecule has 172 valence electrons. The molecule has 0 N–H and O–H groups in total. The van der Waals surface area contributed by atoms with Gasteiger partial charge < -0.3 is 14.4 Å². The standard InChI is InChI=1S/C25H26N2O6/c1-15-17(9-10-21(15)28)23(29)26(20-14-16(32-2)8-11-22(20)33-3)12-13-27-24(30)18-6-4-5-7-19(18)25(27)31/h4-8,11,14-15,17H,9-10,12-13H2,1-3H3/t15-,17+/m1/s1. The first kappa shape index (κ1) is 22.5. The molecule has 1 aliphatic carbocycles. The number of hydrogen-bond donors (Lipinski definition) is 0. The lowest BCUT2D eigenvalue weighted by Gasteiger charge is -2.30. The number of imide groups is 1. The molecule has 2 atom stereocenters. The van der Waals surface area contributed by atoms with Crippen LogP contribution in [-0.4, -0.2) is 55.7 Å². The molecule has 8 nitrogen and oxygen atoms in total. The second-order valence-electron chi connectivity index (χ2n) is 8.24. The van der Waals surface area contributed by atoms with Gasteiger partial charge >= 0.3 is 0 Å². The molecule has 0 saturated heterocycles. The Bertz CT molecular complexity index is 1090. The van der Waals surface area contributed by atoms with Gasteiger partial charge in [0.25, 0.3) is 11.8 Å². The molecule has 0 aromatic heterocycles. The Morgan fingerprint density at radius 2 is 1.70 bits per heavy atom. The molecular formula is C25H26N2O6. The molecule has 33 heavy (non-hydrogen) atoms. The summed E-state index contributed by atoms with van der Waals surface area (Å²) in [5.41, 5.74) is 1.17. The number of hydrogen-bond acceptors (Lipinski definition) is 6. The highest BCUT2D eigenvalue weighted by Crippen LogP contribution is 2.37. The Morgan fingerprint density at radius 3 is 2.24 bits per heavy atom. The molecule has 1 fully saturated rings. The normalized spacial score (nSPS) is 19.6. The molecule has 0 radical (unpaired) electrons. The van der Waals surface area contributed by atoms with E-state index in [0.717, 1.165) is 4.90 Å². The van der Waals surface area contributed by atoms with Crippen LogP contribution in [0.3, 0.4) is 0 Å². The van der Waals surface area contributed by atoms with Gasteiger partial charge in [0.2, 0.25) is 5.91 Å². The second kappa shape index (κ2) is 9.05. The van der Waals surface area contributed by atoms with Crippen molar-refractivity contribution in [3.8, 4) is 11.5 Å². The van der Waals surface area contributed by atoms with E-state index in [1.54, 1.807) is 49.4 Å². The Labute approximate surface area is 192 Å². The third-order valence-corrected chi connectivity index (χ3v) is 6.50. The predicted molar refractivity (Wildman–Crippen MR) is 121 cm³/mol. The summed E-state index contributed by atoms with van der Waals surface area (Å²) < 4.78 is 10.8. The van der Waals surface area contributed by atoms with Crippen molar-refractivity contribution in [2.24, 2.45) is 11.8 Å². The first-order valence-corrected chi connectivity index (χ1v) is 10.9. The first-order valence-electron chi connectivity index (χ1n) is 10.9. The van der Waals surface area contributed by atoms with Crippen molar-refractivity contribution in [1.29, 1.82) is 0 Å². The number of ketones is 1. The van der Waals surface area contributed by atoms with Gasteiger partial charge in [0.05, 0.1) is 31.0 Å². The molecule has 0 unspecified atom stereocenters. The Hall–Kier alpha value is -3.68. The largest absolute Gasteiger partial charge is 0.497 e. The van der Waals surface area contributed by atoms with Crippen molar-refractivity contribution >= 4 is 29.2 Å². The van der Waals surface area contributed by atoms with Crippen LogP contribution in [0, 0.1) is 11.8 Å². The maximum atomic E-state index is 13.6. The molecule has 1 aliphatic heterocycles. The molecule has 3 amide bonds. The Kier molecular flexibility index (Phi) is 6.18. The summed E-state index contributed by atoms with van der Waals surface area (Å²) in [6.45, 7) is 1.84. The van der Waals surface area contributed by atoms with Gasteiger partial charge in [0, 0.05) is 37.4 Å². The van der Waals surface area contributed by atoms with Crippen LogP contribution in [0.5, 0.6) is 11.5 Å². The molecule has 2 aromatic rings. The van der Waals surface area contributed by atoms with E-state index in [9.17, 15) is 19.2 Å². The number of Topliss-reactive ketones (excluding diaryl/α,β-unsaturated/α-hetero) is 1. The van der Waals surface area contributed by atoms with Crippen molar-refractivity contribution in [2.75, 3.05) is 32.2 Å². The monoisotopic (exact) mass is 450 g/mol. The quantitative estimate of drug-likeness (QED) is 0.602.